The second kappa shape index (κ2) is 15.5. The summed E-state index contributed by atoms with van der Waals surface area (Å²) < 4.78 is 54.1. The van der Waals surface area contributed by atoms with E-state index in [0.29, 0.717) is 16.3 Å². The van der Waals surface area contributed by atoms with E-state index in [2.05, 4.69) is 5.32 Å². The first-order valence-electron chi connectivity index (χ1n) is 15.1. The maximum atomic E-state index is 14.6. The van der Waals surface area contributed by atoms with Crippen LogP contribution in [0.2, 0.25) is 5.02 Å². The van der Waals surface area contributed by atoms with Crippen molar-refractivity contribution in [3.05, 3.63) is 119 Å². The number of nitrogens with one attached hydrogen (secondary N) is 1. The first-order chi connectivity index (χ1) is 22.7. The van der Waals surface area contributed by atoms with Crippen LogP contribution in [0.5, 0.6) is 11.5 Å². The third-order valence-corrected chi connectivity index (χ3v) is 9.39. The van der Waals surface area contributed by atoms with Crippen LogP contribution in [0.3, 0.4) is 0 Å². The van der Waals surface area contributed by atoms with Crippen molar-refractivity contribution in [3.63, 3.8) is 0 Å². The largest absolute Gasteiger partial charge is 0.493 e. The highest BCUT2D eigenvalue weighted by Gasteiger charge is 2.36. The molecule has 254 valence electrons. The smallest absolute Gasteiger partial charge is 0.264 e. The van der Waals surface area contributed by atoms with E-state index in [0.717, 1.165) is 9.87 Å². The van der Waals surface area contributed by atoms with E-state index in [-0.39, 0.29) is 29.3 Å². The number of carbonyl (C=O) groups excluding carboxylic acids is 2. The molecule has 2 amide bonds. The molecule has 4 rings (SSSR count). The number of hydrogen-bond donors (Lipinski definition) is 1. The molecular formula is C36H39ClFN3O6S. The molecule has 12 heteroatoms. The predicted molar refractivity (Wildman–Crippen MR) is 184 cm³/mol. The van der Waals surface area contributed by atoms with Gasteiger partial charge in [-0.3, -0.25) is 13.9 Å². The lowest BCUT2D eigenvalue weighted by atomic mass is 10.0. The molecular weight excluding hydrogens is 657 g/mol. The molecule has 1 atom stereocenters. The molecule has 4 aromatic carbocycles. The SMILES string of the molecule is COc1ccc(S(=O)(=O)N(CC(=O)N(Cc2ccc(F)cc2)[C@H](Cc2ccccc2)C(=O)NC(C)(C)C)c2ccc(Cl)cc2)cc1OC. The zero-order chi connectivity index (χ0) is 35.1. The summed E-state index contributed by atoms with van der Waals surface area (Å²) in [5, 5.41) is 3.34. The van der Waals surface area contributed by atoms with Crippen molar-refractivity contribution in [2.45, 2.75) is 50.2 Å². The van der Waals surface area contributed by atoms with Gasteiger partial charge in [0.05, 0.1) is 24.8 Å². The Labute approximate surface area is 286 Å². The number of amides is 2. The number of methoxy groups -OCH3 is 2. The summed E-state index contributed by atoms with van der Waals surface area (Å²) >= 11 is 6.14. The van der Waals surface area contributed by atoms with Gasteiger partial charge in [0.2, 0.25) is 11.8 Å². The molecule has 9 nitrogen and oxygen atoms in total. The lowest BCUT2D eigenvalue weighted by molar-refractivity contribution is -0.140. The van der Waals surface area contributed by atoms with Gasteiger partial charge >= 0.3 is 0 Å². The van der Waals surface area contributed by atoms with Gasteiger partial charge in [-0.05, 0) is 80.4 Å². The van der Waals surface area contributed by atoms with Crippen molar-refractivity contribution in [1.29, 1.82) is 0 Å². The predicted octanol–water partition coefficient (Wildman–Crippen LogP) is 6.25. The van der Waals surface area contributed by atoms with Gasteiger partial charge in [0.25, 0.3) is 10.0 Å². The van der Waals surface area contributed by atoms with E-state index in [1.165, 1.54) is 85.8 Å². The van der Waals surface area contributed by atoms with Crippen molar-refractivity contribution in [2.24, 2.45) is 0 Å². The number of halogens is 2. The Morgan fingerprint density at radius 3 is 2.06 bits per heavy atom. The molecule has 0 aromatic heterocycles. The minimum Gasteiger partial charge on any atom is -0.493 e. The maximum absolute atomic E-state index is 14.6. The Morgan fingerprint density at radius 1 is 0.854 bits per heavy atom. The van der Waals surface area contributed by atoms with Gasteiger partial charge in [0.15, 0.2) is 11.5 Å². The Hall–Kier alpha value is -4.61. The third kappa shape index (κ3) is 9.26. The van der Waals surface area contributed by atoms with Crippen molar-refractivity contribution in [3.8, 4) is 11.5 Å². The van der Waals surface area contributed by atoms with Crippen molar-refractivity contribution in [2.75, 3.05) is 25.1 Å². The maximum Gasteiger partial charge on any atom is 0.264 e. The Morgan fingerprint density at radius 2 is 1.48 bits per heavy atom. The van der Waals surface area contributed by atoms with E-state index in [4.69, 9.17) is 21.1 Å². The Balaban J connectivity index is 1.83. The molecule has 0 spiro atoms. The lowest BCUT2D eigenvalue weighted by Crippen LogP contribution is -2.56. The van der Waals surface area contributed by atoms with Crippen LogP contribution in [0.25, 0.3) is 0 Å². The van der Waals surface area contributed by atoms with Gasteiger partial charge in [-0.15, -0.1) is 0 Å². The molecule has 1 N–H and O–H groups in total. The lowest BCUT2D eigenvalue weighted by Gasteiger charge is -2.35. The highest BCUT2D eigenvalue weighted by molar-refractivity contribution is 7.92. The molecule has 48 heavy (non-hydrogen) atoms. The summed E-state index contributed by atoms with van der Waals surface area (Å²) in [7, 11) is -1.59. The monoisotopic (exact) mass is 695 g/mol. The average molecular weight is 696 g/mol. The van der Waals surface area contributed by atoms with Crippen molar-refractivity contribution >= 4 is 39.1 Å². The van der Waals surface area contributed by atoms with E-state index in [1.807, 2.05) is 51.1 Å². The molecule has 0 saturated carbocycles. The fourth-order valence-electron chi connectivity index (χ4n) is 5.03. The molecule has 0 saturated heterocycles. The summed E-state index contributed by atoms with van der Waals surface area (Å²) in [6.45, 7) is 4.71. The van der Waals surface area contributed by atoms with Crippen molar-refractivity contribution in [1.82, 2.24) is 10.2 Å². The summed E-state index contributed by atoms with van der Waals surface area (Å²) in [6.07, 6.45) is 0.138. The van der Waals surface area contributed by atoms with E-state index in [1.54, 1.807) is 0 Å². The molecule has 0 bridgehead atoms. The minimum atomic E-state index is -4.41. The summed E-state index contributed by atoms with van der Waals surface area (Å²) in [5.41, 5.74) is 0.870. The molecule has 4 aromatic rings. The zero-order valence-corrected chi connectivity index (χ0v) is 29.0. The first-order valence-corrected chi connectivity index (χ1v) is 16.9. The van der Waals surface area contributed by atoms with E-state index in [9.17, 15) is 22.4 Å². The number of hydrogen-bond acceptors (Lipinski definition) is 6. The van der Waals surface area contributed by atoms with Crippen LogP contribution < -0.4 is 19.1 Å². The van der Waals surface area contributed by atoms with Gasteiger partial charge in [-0.25, -0.2) is 12.8 Å². The molecule has 0 aliphatic heterocycles. The van der Waals surface area contributed by atoms with Gasteiger partial charge in [0, 0.05) is 29.6 Å². The summed E-state index contributed by atoms with van der Waals surface area (Å²) in [4.78, 5) is 29.7. The van der Waals surface area contributed by atoms with Gasteiger partial charge in [-0.1, -0.05) is 54.1 Å². The molecule has 0 aliphatic carbocycles. The van der Waals surface area contributed by atoms with Crippen LogP contribution in [-0.4, -0.2) is 57.5 Å². The molecule has 0 unspecified atom stereocenters. The van der Waals surface area contributed by atoms with Crippen LogP contribution in [0.4, 0.5) is 10.1 Å². The number of benzene rings is 4. The van der Waals surface area contributed by atoms with Crippen LogP contribution in [-0.2, 0) is 32.6 Å². The highest BCUT2D eigenvalue weighted by Crippen LogP contribution is 2.33. The quantitative estimate of drug-likeness (QED) is 0.177. The second-order valence-corrected chi connectivity index (χ2v) is 14.4. The molecule has 0 aliphatic rings. The molecule has 0 fully saturated rings. The third-order valence-electron chi connectivity index (χ3n) is 7.37. The average Bonchev–Trinajstić information content (AvgIpc) is 3.05. The number of ether oxygens (including phenoxy) is 2. The fourth-order valence-corrected chi connectivity index (χ4v) is 6.59. The van der Waals surface area contributed by atoms with Gasteiger partial charge < -0.3 is 19.7 Å². The molecule has 0 radical (unpaired) electrons. The summed E-state index contributed by atoms with van der Waals surface area (Å²) in [6, 6.07) is 23.9. The number of rotatable bonds is 13. The fraction of sp³-hybridized carbons (Fsp3) is 0.278. The van der Waals surface area contributed by atoms with Gasteiger partial charge in [0.1, 0.15) is 18.4 Å². The number of anilines is 1. The Kier molecular flexibility index (Phi) is 11.7. The van der Waals surface area contributed by atoms with Crippen LogP contribution in [0.15, 0.2) is 102 Å². The number of nitrogens with zero attached hydrogens (tertiary/aromatic N) is 2. The standard InChI is InChI=1S/C36H39ClFN3O6S/c1-36(2,3)39-35(43)31(21-25-9-7-6-8-10-25)40(23-26-11-15-28(38)16-12-26)34(42)24-41(29-17-13-27(37)14-18-29)48(44,45)30-19-20-32(46-4)33(22-30)47-5/h6-20,22,31H,21,23-24H2,1-5H3,(H,39,43)/t31-/m1/s1. The normalized spacial score (nSPS) is 12.1. The van der Waals surface area contributed by atoms with Crippen LogP contribution in [0, 0.1) is 5.82 Å². The minimum absolute atomic E-state index is 0.0982. The summed E-state index contributed by atoms with van der Waals surface area (Å²) in [5.74, 6) is -1.05. The number of carbonyl (C=O) groups is 2. The zero-order valence-electron chi connectivity index (χ0n) is 27.4. The van der Waals surface area contributed by atoms with Crippen LogP contribution in [0.1, 0.15) is 31.9 Å². The topological polar surface area (TPSA) is 105 Å². The number of sulfonamides is 1. The highest BCUT2D eigenvalue weighted by atomic mass is 35.5. The van der Waals surface area contributed by atoms with Gasteiger partial charge in [-0.2, -0.15) is 0 Å². The van der Waals surface area contributed by atoms with E-state index < -0.39 is 45.8 Å². The van der Waals surface area contributed by atoms with E-state index >= 15 is 0 Å². The first kappa shape index (κ1) is 36.2. The molecule has 0 heterocycles. The van der Waals surface area contributed by atoms with Crippen molar-refractivity contribution < 1.29 is 31.9 Å². The second-order valence-electron chi connectivity index (χ2n) is 12.1. The van der Waals surface area contributed by atoms with Crippen LogP contribution >= 0.6 is 11.6 Å². The Bertz CT molecular complexity index is 1820.